The molecule has 1 aliphatic rings. The molecular weight excluding hydrogens is 244 g/mol. The van der Waals surface area contributed by atoms with Crippen molar-refractivity contribution < 1.29 is 14.7 Å². The molecule has 0 spiro atoms. The van der Waals surface area contributed by atoms with Gasteiger partial charge in [0.1, 0.15) is 0 Å². The number of carbonyl (C=O) groups excluding carboxylic acids is 1. The van der Waals surface area contributed by atoms with Crippen LogP contribution in [0.5, 0.6) is 0 Å². The van der Waals surface area contributed by atoms with Gasteiger partial charge in [-0.15, -0.1) is 0 Å². The number of likely N-dealkylation sites (N-methyl/N-ethyl adjacent to an activating group) is 1. The van der Waals surface area contributed by atoms with Crippen LogP contribution in [0.4, 0.5) is 5.69 Å². The molecular formula is C14H18N2O3. The summed E-state index contributed by atoms with van der Waals surface area (Å²) in [7, 11) is 1.74. The zero-order valence-electron chi connectivity index (χ0n) is 11.4. The molecule has 0 fully saturated rings. The van der Waals surface area contributed by atoms with Crippen molar-refractivity contribution in [3.8, 4) is 0 Å². The number of aromatic carboxylic acids is 1. The highest BCUT2D eigenvalue weighted by atomic mass is 16.4. The van der Waals surface area contributed by atoms with Crippen molar-refractivity contribution in [1.82, 2.24) is 5.32 Å². The van der Waals surface area contributed by atoms with Crippen LogP contribution in [0.15, 0.2) is 18.2 Å². The second kappa shape index (κ2) is 4.66. The lowest BCUT2D eigenvalue weighted by Gasteiger charge is -2.29. The lowest BCUT2D eigenvalue weighted by molar-refractivity contribution is -0.123. The molecule has 0 atom stereocenters. The molecule has 0 aromatic heterocycles. The number of carboxylic acids is 1. The Balaban J connectivity index is 2.38. The summed E-state index contributed by atoms with van der Waals surface area (Å²) in [4.78, 5) is 25.1. The van der Waals surface area contributed by atoms with Crippen molar-refractivity contribution in [2.45, 2.75) is 25.8 Å². The van der Waals surface area contributed by atoms with E-state index in [0.29, 0.717) is 12.2 Å². The number of carbonyl (C=O) groups is 2. The number of rotatable bonds is 3. The molecule has 1 heterocycles. The zero-order valence-corrected chi connectivity index (χ0v) is 11.4. The number of nitrogens with zero attached hydrogens (tertiary/aromatic N) is 1. The number of benzene rings is 1. The van der Waals surface area contributed by atoms with Crippen LogP contribution in [0.1, 0.15) is 29.8 Å². The third-order valence-electron chi connectivity index (χ3n) is 3.63. The van der Waals surface area contributed by atoms with E-state index in [2.05, 4.69) is 5.32 Å². The van der Waals surface area contributed by atoms with Gasteiger partial charge in [0.05, 0.1) is 11.1 Å². The van der Waals surface area contributed by atoms with Gasteiger partial charge >= 0.3 is 5.97 Å². The summed E-state index contributed by atoms with van der Waals surface area (Å²) in [5.41, 5.74) is 1.28. The zero-order chi connectivity index (χ0) is 14.2. The Kier molecular flexibility index (Phi) is 3.32. The molecule has 5 nitrogen and oxygen atoms in total. The van der Waals surface area contributed by atoms with Crippen LogP contribution in [0.3, 0.4) is 0 Å². The minimum atomic E-state index is -0.977. The predicted octanol–water partition coefficient (Wildman–Crippen LogP) is 1.27. The number of amides is 1. The van der Waals surface area contributed by atoms with E-state index < -0.39 is 11.5 Å². The Morgan fingerprint density at radius 1 is 1.37 bits per heavy atom. The summed E-state index contributed by atoms with van der Waals surface area (Å²) in [5.74, 6) is -1.02. The van der Waals surface area contributed by atoms with E-state index in [-0.39, 0.29) is 11.5 Å². The maximum Gasteiger partial charge on any atom is 0.335 e. The largest absolute Gasteiger partial charge is 0.478 e. The Morgan fingerprint density at radius 2 is 2.05 bits per heavy atom. The molecule has 1 aromatic carbocycles. The normalized spacial score (nSPS) is 14.4. The second-order valence-electron chi connectivity index (χ2n) is 5.23. The second-order valence-corrected chi connectivity index (χ2v) is 5.23. The van der Waals surface area contributed by atoms with E-state index in [1.165, 1.54) is 0 Å². The molecule has 0 aliphatic carbocycles. The molecule has 2 N–H and O–H groups in total. The highest BCUT2D eigenvalue weighted by molar-refractivity contribution is 6.02. The number of nitrogens with one attached hydrogen (secondary N) is 1. The van der Waals surface area contributed by atoms with Gasteiger partial charge in [-0.05, 0) is 45.0 Å². The Bertz CT molecular complexity index is 537. The fourth-order valence-electron chi connectivity index (χ4n) is 2.17. The molecule has 0 saturated heterocycles. The van der Waals surface area contributed by atoms with E-state index in [1.54, 1.807) is 30.1 Å². The fraction of sp³-hybridized carbons (Fsp3) is 0.429. The Hall–Kier alpha value is -1.88. The third kappa shape index (κ3) is 2.33. The van der Waals surface area contributed by atoms with Crippen molar-refractivity contribution in [2.24, 2.45) is 0 Å². The van der Waals surface area contributed by atoms with Crippen LogP contribution < -0.4 is 10.2 Å². The van der Waals surface area contributed by atoms with Gasteiger partial charge in [0, 0.05) is 12.2 Å². The fourth-order valence-corrected chi connectivity index (χ4v) is 2.17. The first-order valence-corrected chi connectivity index (χ1v) is 6.24. The van der Waals surface area contributed by atoms with Crippen molar-refractivity contribution >= 4 is 17.6 Å². The van der Waals surface area contributed by atoms with Crippen molar-refractivity contribution in [3.05, 3.63) is 29.3 Å². The van der Waals surface area contributed by atoms with E-state index in [1.807, 2.05) is 13.8 Å². The van der Waals surface area contributed by atoms with Crippen LogP contribution in [0.2, 0.25) is 0 Å². The molecule has 0 unspecified atom stereocenters. The van der Waals surface area contributed by atoms with Gasteiger partial charge in [0.25, 0.3) is 0 Å². The van der Waals surface area contributed by atoms with Gasteiger partial charge in [0.15, 0.2) is 0 Å². The number of carboxylic acid groups (broad SMARTS) is 1. The van der Waals surface area contributed by atoms with Crippen LogP contribution in [0.25, 0.3) is 0 Å². The molecule has 19 heavy (non-hydrogen) atoms. The highest BCUT2D eigenvalue weighted by Crippen LogP contribution is 2.30. The van der Waals surface area contributed by atoms with Crippen LogP contribution in [0, 0.1) is 0 Å². The quantitative estimate of drug-likeness (QED) is 0.860. The van der Waals surface area contributed by atoms with Crippen molar-refractivity contribution in [2.75, 3.05) is 18.5 Å². The topological polar surface area (TPSA) is 69.6 Å². The lowest BCUT2D eigenvalue weighted by Crippen LogP contribution is -2.52. The summed E-state index contributed by atoms with van der Waals surface area (Å²) >= 11 is 0. The minimum Gasteiger partial charge on any atom is -0.478 e. The number of anilines is 1. The van der Waals surface area contributed by atoms with Crippen molar-refractivity contribution in [3.63, 3.8) is 0 Å². The minimum absolute atomic E-state index is 0.0451. The van der Waals surface area contributed by atoms with Crippen LogP contribution in [-0.4, -0.2) is 36.1 Å². The smallest absolute Gasteiger partial charge is 0.335 e. The Morgan fingerprint density at radius 3 is 2.63 bits per heavy atom. The number of hydrogen-bond acceptors (Lipinski definition) is 3. The van der Waals surface area contributed by atoms with Gasteiger partial charge in [-0.1, -0.05) is 6.07 Å². The SMILES string of the molecule is CNC(C)(C)C(=O)N1CCc2ccc(C(=O)O)cc21. The van der Waals surface area contributed by atoms with E-state index in [0.717, 1.165) is 12.0 Å². The maximum absolute atomic E-state index is 12.5. The maximum atomic E-state index is 12.5. The molecule has 0 saturated carbocycles. The standard InChI is InChI=1S/C14H18N2O3/c1-14(2,15-3)13(19)16-7-6-9-4-5-10(12(17)18)8-11(9)16/h4-5,8,15H,6-7H2,1-3H3,(H,17,18). The molecule has 1 aliphatic heterocycles. The molecule has 0 bridgehead atoms. The highest BCUT2D eigenvalue weighted by Gasteiger charge is 2.34. The summed E-state index contributed by atoms with van der Waals surface area (Å²) in [6, 6.07) is 4.95. The van der Waals surface area contributed by atoms with E-state index in [9.17, 15) is 9.59 Å². The summed E-state index contributed by atoms with van der Waals surface area (Å²) in [6.45, 7) is 4.23. The predicted molar refractivity (Wildman–Crippen MR) is 72.6 cm³/mol. The molecule has 1 aromatic rings. The van der Waals surface area contributed by atoms with Crippen LogP contribution >= 0.6 is 0 Å². The van der Waals surface area contributed by atoms with Gasteiger partial charge in [-0.2, -0.15) is 0 Å². The van der Waals surface area contributed by atoms with Gasteiger partial charge in [-0.25, -0.2) is 4.79 Å². The lowest BCUT2D eigenvalue weighted by atomic mass is 10.0. The first-order chi connectivity index (χ1) is 8.86. The summed E-state index contributed by atoms with van der Waals surface area (Å²) < 4.78 is 0. The molecule has 2 rings (SSSR count). The van der Waals surface area contributed by atoms with Gasteiger partial charge in [0.2, 0.25) is 5.91 Å². The van der Waals surface area contributed by atoms with E-state index >= 15 is 0 Å². The monoisotopic (exact) mass is 262 g/mol. The average molecular weight is 262 g/mol. The number of fused-ring (bicyclic) bond motifs is 1. The first kappa shape index (κ1) is 13.5. The molecule has 1 amide bonds. The molecule has 0 radical (unpaired) electrons. The van der Waals surface area contributed by atoms with Gasteiger partial charge in [-0.3, -0.25) is 4.79 Å². The molecule has 5 heteroatoms. The first-order valence-electron chi connectivity index (χ1n) is 6.24. The third-order valence-corrected chi connectivity index (χ3v) is 3.63. The van der Waals surface area contributed by atoms with Crippen molar-refractivity contribution in [1.29, 1.82) is 0 Å². The summed E-state index contributed by atoms with van der Waals surface area (Å²) in [5, 5.41) is 12.0. The van der Waals surface area contributed by atoms with Crippen LogP contribution in [-0.2, 0) is 11.2 Å². The average Bonchev–Trinajstić information content (AvgIpc) is 2.80. The number of hydrogen-bond donors (Lipinski definition) is 2. The van der Waals surface area contributed by atoms with E-state index in [4.69, 9.17) is 5.11 Å². The molecule has 102 valence electrons. The summed E-state index contributed by atoms with van der Waals surface area (Å²) in [6.07, 6.45) is 0.765. The Labute approximate surface area is 112 Å². The van der Waals surface area contributed by atoms with Gasteiger partial charge < -0.3 is 15.3 Å².